The van der Waals surface area contributed by atoms with Crippen molar-refractivity contribution < 1.29 is 22.3 Å². The predicted octanol–water partition coefficient (Wildman–Crippen LogP) is 4.69. The van der Waals surface area contributed by atoms with Crippen LogP contribution in [0, 0.1) is 5.82 Å². The van der Waals surface area contributed by atoms with E-state index in [1.807, 2.05) is 0 Å². The summed E-state index contributed by atoms with van der Waals surface area (Å²) >= 11 is 5.89. The molecule has 0 aliphatic carbocycles. The van der Waals surface area contributed by atoms with Crippen LogP contribution in [0.25, 0.3) is 10.9 Å². The second-order valence-electron chi connectivity index (χ2n) is 7.26. The highest BCUT2D eigenvalue weighted by Crippen LogP contribution is 2.32. The molecule has 0 unspecified atom stereocenters. The van der Waals surface area contributed by atoms with Gasteiger partial charge in [-0.05, 0) is 48.0 Å². The maximum absolute atomic E-state index is 13.8. The average molecular weight is 488 g/mol. The van der Waals surface area contributed by atoms with Crippen LogP contribution in [0.3, 0.4) is 0 Å². The summed E-state index contributed by atoms with van der Waals surface area (Å²) in [7, 11) is -1.30. The van der Waals surface area contributed by atoms with Gasteiger partial charge in [0.1, 0.15) is 10.7 Å². The van der Waals surface area contributed by atoms with Crippen molar-refractivity contribution in [2.45, 2.75) is 16.3 Å². The fraction of sp³-hybridized carbons (Fsp3) is 0.125. The number of halogens is 2. The molecule has 170 valence electrons. The van der Waals surface area contributed by atoms with E-state index in [4.69, 9.17) is 21.1 Å². The van der Waals surface area contributed by atoms with Gasteiger partial charge in [0.25, 0.3) is 0 Å². The molecule has 0 aliphatic rings. The van der Waals surface area contributed by atoms with Crippen LogP contribution < -0.4 is 14.9 Å². The van der Waals surface area contributed by atoms with Crippen molar-refractivity contribution in [2.24, 2.45) is 0 Å². The zero-order chi connectivity index (χ0) is 23.8. The highest BCUT2D eigenvalue weighted by Gasteiger charge is 2.25. The summed E-state index contributed by atoms with van der Waals surface area (Å²) < 4.78 is 52.8. The van der Waals surface area contributed by atoms with Crippen LogP contribution in [-0.2, 0) is 16.4 Å². The van der Waals surface area contributed by atoms with Gasteiger partial charge in [-0.25, -0.2) is 12.8 Å². The Kier molecular flexibility index (Phi) is 6.14. The summed E-state index contributed by atoms with van der Waals surface area (Å²) in [5.41, 5.74) is 0.318. The molecule has 0 saturated heterocycles. The van der Waals surface area contributed by atoms with E-state index in [1.165, 1.54) is 62.9 Å². The van der Waals surface area contributed by atoms with E-state index in [0.717, 1.165) is 0 Å². The number of hydrogen-bond donors (Lipinski definition) is 0. The number of pyridine rings is 1. The molecule has 0 aliphatic heterocycles. The Morgan fingerprint density at radius 3 is 2.27 bits per heavy atom. The highest BCUT2D eigenvalue weighted by molar-refractivity contribution is 7.91. The Morgan fingerprint density at radius 1 is 0.970 bits per heavy atom. The topological polar surface area (TPSA) is 74.6 Å². The van der Waals surface area contributed by atoms with Crippen LogP contribution in [0.15, 0.2) is 81.4 Å². The van der Waals surface area contributed by atoms with Gasteiger partial charge in [-0.1, -0.05) is 23.7 Å². The summed E-state index contributed by atoms with van der Waals surface area (Å²) in [4.78, 5) is 12.9. The molecule has 0 saturated carbocycles. The summed E-state index contributed by atoms with van der Waals surface area (Å²) in [5, 5.41) is 0.492. The van der Waals surface area contributed by atoms with E-state index in [0.29, 0.717) is 21.9 Å². The van der Waals surface area contributed by atoms with Crippen molar-refractivity contribution in [1.29, 1.82) is 0 Å². The molecule has 1 aromatic heterocycles. The Labute approximate surface area is 194 Å². The SMILES string of the molecule is COc1cc2c(=O)c(S(=O)(=O)c3ccc(Cl)cc3)cn(Cc3cccc(F)c3)c2cc1OC. The molecule has 6 nitrogen and oxygen atoms in total. The van der Waals surface area contributed by atoms with Crippen molar-refractivity contribution in [3.05, 3.63) is 93.5 Å². The molecule has 0 radical (unpaired) electrons. The second kappa shape index (κ2) is 8.88. The number of fused-ring (bicyclic) bond motifs is 1. The maximum atomic E-state index is 13.8. The van der Waals surface area contributed by atoms with Crippen LogP contribution in [0.2, 0.25) is 5.02 Å². The number of aromatic nitrogens is 1. The van der Waals surface area contributed by atoms with E-state index >= 15 is 0 Å². The minimum atomic E-state index is -4.17. The fourth-order valence-electron chi connectivity index (χ4n) is 3.59. The third-order valence-corrected chi connectivity index (χ3v) is 7.22. The smallest absolute Gasteiger partial charge is 0.211 e. The lowest BCUT2D eigenvalue weighted by Crippen LogP contribution is -2.20. The first-order valence-corrected chi connectivity index (χ1v) is 11.6. The van der Waals surface area contributed by atoms with Crippen molar-refractivity contribution in [1.82, 2.24) is 4.57 Å². The van der Waals surface area contributed by atoms with Crippen LogP contribution in [0.1, 0.15) is 5.56 Å². The minimum absolute atomic E-state index is 0.0684. The van der Waals surface area contributed by atoms with E-state index in [-0.39, 0.29) is 22.6 Å². The largest absolute Gasteiger partial charge is 0.493 e. The third-order valence-electron chi connectivity index (χ3n) is 5.21. The standard InChI is InChI=1S/C24H19ClFNO5S/c1-31-21-11-19-20(12-22(21)32-2)27(13-15-4-3-5-17(26)10-15)14-23(24(19)28)33(29,30)18-8-6-16(25)7-9-18/h3-12,14H,13H2,1-2H3. The van der Waals surface area contributed by atoms with Gasteiger partial charge in [0, 0.05) is 23.8 Å². The van der Waals surface area contributed by atoms with Crippen molar-refractivity contribution in [3.8, 4) is 11.5 Å². The maximum Gasteiger partial charge on any atom is 0.211 e. The molecule has 33 heavy (non-hydrogen) atoms. The molecule has 0 N–H and O–H groups in total. The number of sulfone groups is 1. The predicted molar refractivity (Wildman–Crippen MR) is 124 cm³/mol. The van der Waals surface area contributed by atoms with Crippen LogP contribution >= 0.6 is 11.6 Å². The molecule has 0 bridgehead atoms. The Morgan fingerprint density at radius 2 is 1.64 bits per heavy atom. The van der Waals surface area contributed by atoms with Crippen LogP contribution in [0.4, 0.5) is 4.39 Å². The summed E-state index contributed by atoms with van der Waals surface area (Å²) in [6.45, 7) is 0.118. The molecule has 4 rings (SSSR count). The molecule has 9 heteroatoms. The first-order chi connectivity index (χ1) is 15.7. The van der Waals surface area contributed by atoms with E-state index in [9.17, 15) is 17.6 Å². The van der Waals surface area contributed by atoms with Gasteiger partial charge in [-0.2, -0.15) is 0 Å². The van der Waals surface area contributed by atoms with Gasteiger partial charge in [-0.15, -0.1) is 0 Å². The molecule has 0 fully saturated rings. The van der Waals surface area contributed by atoms with Gasteiger partial charge in [0.15, 0.2) is 11.5 Å². The lowest BCUT2D eigenvalue weighted by atomic mass is 10.1. The van der Waals surface area contributed by atoms with E-state index < -0.39 is 26.0 Å². The van der Waals surface area contributed by atoms with Gasteiger partial charge in [0.2, 0.25) is 15.3 Å². The summed E-state index contributed by atoms with van der Waals surface area (Å²) in [6.07, 6.45) is 1.27. The normalized spacial score (nSPS) is 11.5. The Balaban J connectivity index is 2.02. The second-order valence-corrected chi connectivity index (χ2v) is 9.62. The summed E-state index contributed by atoms with van der Waals surface area (Å²) in [6, 6.07) is 14.5. The zero-order valence-corrected chi connectivity index (χ0v) is 19.3. The Bertz CT molecular complexity index is 1510. The van der Waals surface area contributed by atoms with Crippen molar-refractivity contribution >= 4 is 32.3 Å². The number of methoxy groups -OCH3 is 2. The fourth-order valence-corrected chi connectivity index (χ4v) is 5.08. The molecule has 0 spiro atoms. The molecule has 1 heterocycles. The number of hydrogen-bond acceptors (Lipinski definition) is 5. The van der Waals surface area contributed by atoms with Gasteiger partial charge in [0.05, 0.1) is 30.0 Å². The molecule has 4 aromatic rings. The van der Waals surface area contributed by atoms with E-state index in [2.05, 4.69) is 0 Å². The molecular formula is C24H19ClFNO5S. The van der Waals surface area contributed by atoms with Crippen LogP contribution in [-0.4, -0.2) is 27.2 Å². The number of nitrogens with zero attached hydrogens (tertiary/aromatic N) is 1. The first-order valence-electron chi connectivity index (χ1n) is 9.79. The number of rotatable bonds is 6. The van der Waals surface area contributed by atoms with E-state index in [1.54, 1.807) is 22.8 Å². The number of benzene rings is 3. The van der Waals surface area contributed by atoms with Gasteiger partial charge >= 0.3 is 0 Å². The van der Waals surface area contributed by atoms with Crippen molar-refractivity contribution in [3.63, 3.8) is 0 Å². The lowest BCUT2D eigenvalue weighted by Gasteiger charge is -2.16. The average Bonchev–Trinajstić information content (AvgIpc) is 2.80. The monoisotopic (exact) mass is 487 g/mol. The van der Waals surface area contributed by atoms with Gasteiger partial charge in [-0.3, -0.25) is 4.79 Å². The molecule has 3 aromatic carbocycles. The lowest BCUT2D eigenvalue weighted by molar-refractivity contribution is 0.355. The molecule has 0 amide bonds. The quantitative estimate of drug-likeness (QED) is 0.394. The molecule has 0 atom stereocenters. The summed E-state index contributed by atoms with van der Waals surface area (Å²) in [5.74, 6) is 0.220. The molecular weight excluding hydrogens is 469 g/mol. The van der Waals surface area contributed by atoms with Crippen LogP contribution in [0.5, 0.6) is 11.5 Å². The van der Waals surface area contributed by atoms with Crippen molar-refractivity contribution in [2.75, 3.05) is 14.2 Å². The minimum Gasteiger partial charge on any atom is -0.493 e. The van der Waals surface area contributed by atoms with Gasteiger partial charge < -0.3 is 14.0 Å². The third kappa shape index (κ3) is 4.31. The zero-order valence-electron chi connectivity index (χ0n) is 17.7. The highest BCUT2D eigenvalue weighted by atomic mass is 35.5. The first kappa shape index (κ1) is 22.8. The number of ether oxygens (including phenoxy) is 2. The Hall–Kier alpha value is -3.36.